The Hall–Kier alpha value is -1.28. The molecule has 1 aromatic heterocycles. The van der Waals surface area contributed by atoms with Crippen molar-refractivity contribution in [2.24, 2.45) is 7.05 Å². The number of aliphatic hydroxyl groups excluding tert-OH is 1. The third kappa shape index (κ3) is 1.33. The molecule has 0 aliphatic heterocycles. The first-order chi connectivity index (χ1) is 6.18. The molecule has 1 N–H and O–H groups in total. The summed E-state index contributed by atoms with van der Waals surface area (Å²) in [7, 11) is 2.02. The average molecular weight is 175 g/mol. The van der Waals surface area contributed by atoms with Crippen LogP contribution in [-0.4, -0.2) is 9.67 Å². The van der Waals surface area contributed by atoms with Gasteiger partial charge in [0.15, 0.2) is 0 Å². The predicted octanol–water partition coefficient (Wildman–Crippen LogP) is 2.23. The topological polar surface area (TPSA) is 25.2 Å². The fourth-order valence-corrected chi connectivity index (χ4v) is 1.56. The lowest BCUT2D eigenvalue weighted by atomic mass is 10.1. The molecule has 1 atom stereocenters. The number of benzene rings is 1. The van der Waals surface area contributed by atoms with Crippen molar-refractivity contribution in [2.75, 3.05) is 0 Å². The maximum atomic E-state index is 9.38. The van der Waals surface area contributed by atoms with Crippen LogP contribution in [0.15, 0.2) is 30.5 Å². The summed E-state index contributed by atoms with van der Waals surface area (Å²) in [4.78, 5) is 0. The fraction of sp³-hybridized carbons (Fsp3) is 0.273. The average Bonchev–Trinajstić information content (AvgIpc) is 2.47. The zero-order valence-electron chi connectivity index (χ0n) is 7.86. The van der Waals surface area contributed by atoms with Gasteiger partial charge in [-0.1, -0.05) is 6.07 Å². The fourth-order valence-electron chi connectivity index (χ4n) is 1.56. The highest BCUT2D eigenvalue weighted by molar-refractivity contribution is 5.80. The van der Waals surface area contributed by atoms with Crippen molar-refractivity contribution in [1.29, 1.82) is 0 Å². The Morgan fingerprint density at radius 2 is 2.08 bits per heavy atom. The molecule has 0 bridgehead atoms. The largest absolute Gasteiger partial charge is 0.389 e. The maximum absolute atomic E-state index is 9.38. The Labute approximate surface area is 77.4 Å². The summed E-state index contributed by atoms with van der Waals surface area (Å²) in [5.41, 5.74) is 2.17. The molecule has 13 heavy (non-hydrogen) atoms. The molecule has 2 nitrogen and oxygen atoms in total. The van der Waals surface area contributed by atoms with E-state index >= 15 is 0 Å². The van der Waals surface area contributed by atoms with Crippen molar-refractivity contribution >= 4 is 10.9 Å². The molecule has 0 saturated carbocycles. The third-order valence-corrected chi connectivity index (χ3v) is 2.39. The van der Waals surface area contributed by atoms with Gasteiger partial charge < -0.3 is 9.67 Å². The number of aliphatic hydroxyl groups is 1. The molecule has 2 rings (SSSR count). The first kappa shape index (κ1) is 8.32. The third-order valence-electron chi connectivity index (χ3n) is 2.39. The summed E-state index contributed by atoms with van der Waals surface area (Å²) in [5, 5.41) is 10.6. The molecule has 68 valence electrons. The van der Waals surface area contributed by atoms with Crippen molar-refractivity contribution in [3.05, 3.63) is 36.0 Å². The van der Waals surface area contributed by atoms with Crippen LogP contribution < -0.4 is 0 Å². The van der Waals surface area contributed by atoms with Gasteiger partial charge in [-0.05, 0) is 36.1 Å². The maximum Gasteiger partial charge on any atom is 0.0762 e. The number of aryl methyl sites for hydroxylation is 1. The van der Waals surface area contributed by atoms with Crippen molar-refractivity contribution in [3.63, 3.8) is 0 Å². The lowest BCUT2D eigenvalue weighted by Gasteiger charge is -2.04. The van der Waals surface area contributed by atoms with Gasteiger partial charge in [0.2, 0.25) is 0 Å². The monoisotopic (exact) mass is 175 g/mol. The van der Waals surface area contributed by atoms with Gasteiger partial charge in [-0.2, -0.15) is 0 Å². The standard InChI is InChI=1S/C11H13NO/c1-8(13)9-3-4-11-10(7-9)5-6-12(11)2/h3-8,13H,1-2H3/t8-/m1/s1. The van der Waals surface area contributed by atoms with Gasteiger partial charge in [-0.25, -0.2) is 0 Å². The second-order valence-corrected chi connectivity index (χ2v) is 3.42. The molecule has 0 radical (unpaired) electrons. The van der Waals surface area contributed by atoms with Crippen LogP contribution in [0.25, 0.3) is 10.9 Å². The van der Waals surface area contributed by atoms with Gasteiger partial charge >= 0.3 is 0 Å². The number of fused-ring (bicyclic) bond motifs is 1. The number of rotatable bonds is 1. The van der Waals surface area contributed by atoms with E-state index in [9.17, 15) is 5.11 Å². The molecule has 0 unspecified atom stereocenters. The molecule has 1 aromatic carbocycles. The molecule has 0 amide bonds. The number of nitrogens with zero attached hydrogens (tertiary/aromatic N) is 1. The Morgan fingerprint density at radius 1 is 1.31 bits per heavy atom. The predicted molar refractivity (Wildman–Crippen MR) is 53.6 cm³/mol. The van der Waals surface area contributed by atoms with E-state index in [4.69, 9.17) is 0 Å². The van der Waals surface area contributed by atoms with Crippen LogP contribution >= 0.6 is 0 Å². The van der Waals surface area contributed by atoms with Gasteiger partial charge in [0.25, 0.3) is 0 Å². The zero-order valence-corrected chi connectivity index (χ0v) is 7.86. The van der Waals surface area contributed by atoms with Gasteiger partial charge in [-0.3, -0.25) is 0 Å². The minimum Gasteiger partial charge on any atom is -0.389 e. The normalized spacial score (nSPS) is 13.5. The van der Waals surface area contributed by atoms with Crippen molar-refractivity contribution < 1.29 is 5.11 Å². The van der Waals surface area contributed by atoms with Crippen LogP contribution in [-0.2, 0) is 7.05 Å². The van der Waals surface area contributed by atoms with Crippen LogP contribution in [0.2, 0.25) is 0 Å². The summed E-state index contributed by atoms with van der Waals surface area (Å²) < 4.78 is 2.07. The summed E-state index contributed by atoms with van der Waals surface area (Å²) in [6, 6.07) is 8.09. The molecule has 1 heterocycles. The van der Waals surface area contributed by atoms with Crippen molar-refractivity contribution in [3.8, 4) is 0 Å². The van der Waals surface area contributed by atoms with Crippen LogP contribution in [0.1, 0.15) is 18.6 Å². The second-order valence-electron chi connectivity index (χ2n) is 3.42. The molecule has 0 saturated heterocycles. The van der Waals surface area contributed by atoms with E-state index in [0.29, 0.717) is 0 Å². The summed E-state index contributed by atoms with van der Waals surface area (Å²) in [6.07, 6.45) is 1.64. The van der Waals surface area contributed by atoms with Crippen LogP contribution in [0.4, 0.5) is 0 Å². The second kappa shape index (κ2) is 2.89. The quantitative estimate of drug-likeness (QED) is 0.706. The number of aromatic nitrogens is 1. The van der Waals surface area contributed by atoms with Crippen LogP contribution in [0.3, 0.4) is 0 Å². The first-order valence-corrected chi connectivity index (χ1v) is 4.41. The van der Waals surface area contributed by atoms with Crippen LogP contribution in [0.5, 0.6) is 0 Å². The van der Waals surface area contributed by atoms with E-state index in [0.717, 1.165) is 5.56 Å². The number of hydrogen-bond donors (Lipinski definition) is 1. The SMILES string of the molecule is C[C@@H](O)c1ccc2c(ccn2C)c1. The van der Waals surface area contributed by atoms with Gasteiger partial charge in [0, 0.05) is 18.8 Å². The minimum atomic E-state index is -0.385. The zero-order chi connectivity index (χ0) is 9.42. The number of hydrogen-bond acceptors (Lipinski definition) is 1. The van der Waals surface area contributed by atoms with Gasteiger partial charge in [0.1, 0.15) is 0 Å². The Balaban J connectivity index is 2.63. The summed E-state index contributed by atoms with van der Waals surface area (Å²) in [5.74, 6) is 0. The van der Waals surface area contributed by atoms with Crippen LogP contribution in [0, 0.1) is 0 Å². The molecule has 2 aromatic rings. The highest BCUT2D eigenvalue weighted by Gasteiger charge is 2.02. The van der Waals surface area contributed by atoms with E-state index in [2.05, 4.69) is 10.6 Å². The van der Waals surface area contributed by atoms with Gasteiger partial charge in [-0.15, -0.1) is 0 Å². The van der Waals surface area contributed by atoms with Crippen molar-refractivity contribution in [1.82, 2.24) is 4.57 Å². The van der Waals surface area contributed by atoms with E-state index in [-0.39, 0.29) is 6.10 Å². The first-order valence-electron chi connectivity index (χ1n) is 4.41. The smallest absolute Gasteiger partial charge is 0.0762 e. The summed E-state index contributed by atoms with van der Waals surface area (Å²) >= 11 is 0. The molecule has 0 aliphatic carbocycles. The highest BCUT2D eigenvalue weighted by Crippen LogP contribution is 2.20. The molecule has 2 heteroatoms. The highest BCUT2D eigenvalue weighted by atomic mass is 16.3. The van der Waals surface area contributed by atoms with E-state index in [1.54, 1.807) is 6.92 Å². The lowest BCUT2D eigenvalue weighted by Crippen LogP contribution is -1.90. The molecule has 0 spiro atoms. The lowest BCUT2D eigenvalue weighted by molar-refractivity contribution is 0.199. The van der Waals surface area contributed by atoms with Crippen molar-refractivity contribution in [2.45, 2.75) is 13.0 Å². The van der Waals surface area contributed by atoms with Gasteiger partial charge in [0.05, 0.1) is 6.10 Å². The minimum absolute atomic E-state index is 0.385. The van der Waals surface area contributed by atoms with E-state index in [1.807, 2.05) is 31.4 Å². The summed E-state index contributed by atoms with van der Waals surface area (Å²) in [6.45, 7) is 1.78. The molecule has 0 aliphatic rings. The molecule has 0 fully saturated rings. The molecular weight excluding hydrogens is 162 g/mol. The van der Waals surface area contributed by atoms with E-state index in [1.165, 1.54) is 10.9 Å². The Bertz CT molecular complexity index is 429. The Morgan fingerprint density at radius 3 is 2.77 bits per heavy atom. The van der Waals surface area contributed by atoms with E-state index < -0.39 is 0 Å². The molecular formula is C11H13NO. The Kier molecular flexibility index (Phi) is 1.85.